The molecule has 1 N–H and O–H groups in total. The Morgan fingerprint density at radius 3 is 2.67 bits per heavy atom. The Morgan fingerprint density at radius 1 is 1.19 bits per heavy atom. The molecule has 3 rings (SSSR count). The third kappa shape index (κ3) is 3.98. The molecule has 0 bridgehead atoms. The number of benzene rings is 1. The molecule has 1 aliphatic carbocycles. The molecule has 1 saturated carbocycles. The van der Waals surface area contributed by atoms with E-state index in [0.717, 1.165) is 24.8 Å². The fraction of sp³-hybridized carbons (Fsp3) is 0.667. The third-order valence-electron chi connectivity index (χ3n) is 4.90. The highest BCUT2D eigenvalue weighted by atomic mass is 16.5. The molecule has 1 aliphatic heterocycles. The summed E-state index contributed by atoms with van der Waals surface area (Å²) in [7, 11) is 1.72. The van der Waals surface area contributed by atoms with Gasteiger partial charge in [0.1, 0.15) is 5.75 Å². The molecule has 116 valence electrons. The van der Waals surface area contributed by atoms with Crippen LogP contribution in [0.15, 0.2) is 24.3 Å². The number of rotatable bonds is 6. The molecule has 2 fully saturated rings. The SMILES string of the molecule is COc1ccc(C2CC(NCCC3CCCCO3)C2)cc1. The zero-order valence-corrected chi connectivity index (χ0v) is 13.0. The molecule has 1 heterocycles. The highest BCUT2D eigenvalue weighted by Crippen LogP contribution is 2.37. The lowest BCUT2D eigenvalue weighted by molar-refractivity contribution is 0.0107. The first kappa shape index (κ1) is 14.9. The van der Waals surface area contributed by atoms with Crippen LogP contribution in [-0.2, 0) is 4.74 Å². The van der Waals surface area contributed by atoms with Gasteiger partial charge in [0.15, 0.2) is 0 Å². The van der Waals surface area contributed by atoms with Crippen molar-refractivity contribution in [1.82, 2.24) is 5.32 Å². The van der Waals surface area contributed by atoms with Crippen LogP contribution in [-0.4, -0.2) is 32.4 Å². The van der Waals surface area contributed by atoms with Gasteiger partial charge in [0, 0.05) is 12.6 Å². The van der Waals surface area contributed by atoms with Gasteiger partial charge in [-0.15, -0.1) is 0 Å². The first-order valence-corrected chi connectivity index (χ1v) is 8.34. The van der Waals surface area contributed by atoms with E-state index in [1.54, 1.807) is 7.11 Å². The van der Waals surface area contributed by atoms with Gasteiger partial charge in [-0.2, -0.15) is 0 Å². The molecule has 0 aromatic heterocycles. The predicted molar refractivity (Wildman–Crippen MR) is 85.0 cm³/mol. The second kappa shape index (κ2) is 7.28. The van der Waals surface area contributed by atoms with Crippen molar-refractivity contribution in [3.63, 3.8) is 0 Å². The van der Waals surface area contributed by atoms with E-state index in [9.17, 15) is 0 Å². The van der Waals surface area contributed by atoms with Gasteiger partial charge < -0.3 is 14.8 Å². The molecule has 0 spiro atoms. The standard InChI is InChI=1S/C18H27NO2/c1-20-17-7-5-14(6-8-17)15-12-16(13-15)19-10-9-18-4-2-3-11-21-18/h5-8,15-16,18-19H,2-4,9-13H2,1H3. The minimum absolute atomic E-state index is 0.503. The van der Waals surface area contributed by atoms with Gasteiger partial charge in [-0.05, 0) is 68.7 Å². The van der Waals surface area contributed by atoms with Crippen LogP contribution in [0.4, 0.5) is 0 Å². The van der Waals surface area contributed by atoms with Crippen LogP contribution in [0.5, 0.6) is 5.75 Å². The lowest BCUT2D eigenvalue weighted by atomic mass is 9.76. The largest absolute Gasteiger partial charge is 0.497 e. The number of hydrogen-bond donors (Lipinski definition) is 1. The lowest BCUT2D eigenvalue weighted by Crippen LogP contribution is -2.41. The first-order chi connectivity index (χ1) is 10.3. The average molecular weight is 289 g/mol. The summed E-state index contributed by atoms with van der Waals surface area (Å²) in [5.41, 5.74) is 1.45. The summed E-state index contributed by atoms with van der Waals surface area (Å²) in [4.78, 5) is 0. The summed E-state index contributed by atoms with van der Waals surface area (Å²) in [6.07, 6.45) is 8.04. The van der Waals surface area contributed by atoms with Crippen LogP contribution >= 0.6 is 0 Å². The summed E-state index contributed by atoms with van der Waals surface area (Å²) in [6, 6.07) is 9.23. The smallest absolute Gasteiger partial charge is 0.118 e. The highest BCUT2D eigenvalue weighted by Gasteiger charge is 2.29. The van der Waals surface area contributed by atoms with Gasteiger partial charge in [-0.1, -0.05) is 12.1 Å². The summed E-state index contributed by atoms with van der Waals surface area (Å²) in [5, 5.41) is 3.68. The molecule has 3 heteroatoms. The normalized spacial score (nSPS) is 28.9. The molecule has 2 aliphatic rings. The van der Waals surface area contributed by atoms with E-state index in [1.807, 2.05) is 0 Å². The van der Waals surface area contributed by atoms with E-state index in [1.165, 1.54) is 44.1 Å². The van der Waals surface area contributed by atoms with Crippen molar-refractivity contribution >= 4 is 0 Å². The van der Waals surface area contributed by atoms with Crippen LogP contribution in [0.2, 0.25) is 0 Å². The number of nitrogens with one attached hydrogen (secondary N) is 1. The Kier molecular flexibility index (Phi) is 5.15. The van der Waals surface area contributed by atoms with E-state index in [0.29, 0.717) is 12.1 Å². The third-order valence-corrected chi connectivity index (χ3v) is 4.90. The Balaban J connectivity index is 1.33. The number of methoxy groups -OCH3 is 1. The van der Waals surface area contributed by atoms with Crippen molar-refractivity contribution in [2.75, 3.05) is 20.3 Å². The van der Waals surface area contributed by atoms with E-state index >= 15 is 0 Å². The van der Waals surface area contributed by atoms with E-state index in [2.05, 4.69) is 29.6 Å². The van der Waals surface area contributed by atoms with Gasteiger partial charge in [0.2, 0.25) is 0 Å². The van der Waals surface area contributed by atoms with Crippen molar-refractivity contribution in [3.05, 3.63) is 29.8 Å². The van der Waals surface area contributed by atoms with Crippen molar-refractivity contribution < 1.29 is 9.47 Å². The van der Waals surface area contributed by atoms with E-state index in [4.69, 9.17) is 9.47 Å². The molecule has 1 aromatic rings. The Hall–Kier alpha value is -1.06. The van der Waals surface area contributed by atoms with E-state index in [-0.39, 0.29) is 0 Å². The van der Waals surface area contributed by atoms with Crippen LogP contribution in [0.3, 0.4) is 0 Å². The molecule has 1 atom stereocenters. The van der Waals surface area contributed by atoms with Crippen molar-refractivity contribution in [3.8, 4) is 5.75 Å². The fourth-order valence-electron chi connectivity index (χ4n) is 3.42. The zero-order valence-electron chi connectivity index (χ0n) is 13.0. The van der Waals surface area contributed by atoms with Gasteiger partial charge in [0.25, 0.3) is 0 Å². The molecule has 0 radical (unpaired) electrons. The van der Waals surface area contributed by atoms with Crippen molar-refractivity contribution in [2.45, 2.75) is 56.6 Å². The summed E-state index contributed by atoms with van der Waals surface area (Å²) >= 11 is 0. The monoisotopic (exact) mass is 289 g/mol. The molecule has 21 heavy (non-hydrogen) atoms. The quantitative estimate of drug-likeness (QED) is 0.869. The van der Waals surface area contributed by atoms with Gasteiger partial charge in [-0.25, -0.2) is 0 Å². The van der Waals surface area contributed by atoms with Crippen LogP contribution in [0, 0.1) is 0 Å². The van der Waals surface area contributed by atoms with Crippen molar-refractivity contribution in [1.29, 1.82) is 0 Å². The van der Waals surface area contributed by atoms with E-state index < -0.39 is 0 Å². The summed E-state index contributed by atoms with van der Waals surface area (Å²) in [5.74, 6) is 1.67. The molecule has 0 amide bonds. The van der Waals surface area contributed by atoms with Crippen molar-refractivity contribution in [2.24, 2.45) is 0 Å². The Morgan fingerprint density at radius 2 is 2.00 bits per heavy atom. The lowest BCUT2D eigenvalue weighted by Gasteiger charge is -2.37. The van der Waals surface area contributed by atoms with Gasteiger partial charge in [0.05, 0.1) is 13.2 Å². The maximum absolute atomic E-state index is 5.77. The maximum Gasteiger partial charge on any atom is 0.118 e. The summed E-state index contributed by atoms with van der Waals surface area (Å²) < 4.78 is 11.0. The Labute approximate surface area is 128 Å². The van der Waals surface area contributed by atoms with Crippen LogP contribution in [0.1, 0.15) is 50.0 Å². The topological polar surface area (TPSA) is 30.5 Å². The average Bonchev–Trinajstić information content (AvgIpc) is 2.51. The maximum atomic E-state index is 5.77. The second-order valence-corrected chi connectivity index (χ2v) is 6.37. The van der Waals surface area contributed by atoms with Gasteiger partial charge >= 0.3 is 0 Å². The van der Waals surface area contributed by atoms with Crippen LogP contribution < -0.4 is 10.1 Å². The molecular weight excluding hydrogens is 262 g/mol. The minimum atomic E-state index is 0.503. The first-order valence-electron chi connectivity index (χ1n) is 8.34. The summed E-state index contributed by atoms with van der Waals surface area (Å²) in [6.45, 7) is 2.07. The zero-order chi connectivity index (χ0) is 14.5. The molecule has 1 unspecified atom stereocenters. The minimum Gasteiger partial charge on any atom is -0.497 e. The van der Waals surface area contributed by atoms with Crippen LogP contribution in [0.25, 0.3) is 0 Å². The number of ether oxygens (including phenoxy) is 2. The molecule has 1 saturated heterocycles. The highest BCUT2D eigenvalue weighted by molar-refractivity contribution is 5.30. The second-order valence-electron chi connectivity index (χ2n) is 6.37. The molecular formula is C18H27NO2. The molecule has 3 nitrogen and oxygen atoms in total. The number of hydrogen-bond acceptors (Lipinski definition) is 3. The molecule has 1 aromatic carbocycles. The Bertz CT molecular complexity index is 419. The predicted octanol–water partition coefficient (Wildman–Crippen LogP) is 3.49. The van der Waals surface area contributed by atoms with Gasteiger partial charge in [-0.3, -0.25) is 0 Å². The fourth-order valence-corrected chi connectivity index (χ4v) is 3.42.